The molecule has 0 aliphatic carbocycles. The van der Waals surface area contributed by atoms with Crippen LogP contribution in [0.2, 0.25) is 5.02 Å². The fourth-order valence-corrected chi connectivity index (χ4v) is 2.41. The highest BCUT2D eigenvalue weighted by Gasteiger charge is 2.17. The molecule has 2 aromatic carbocycles. The molecule has 6 nitrogen and oxygen atoms in total. The van der Waals surface area contributed by atoms with Crippen molar-refractivity contribution in [1.82, 2.24) is 0 Å². The molecule has 2 aromatic rings. The second kappa shape index (κ2) is 7.38. The molecule has 0 radical (unpaired) electrons. The molecular formula is C14H9BrClFN2O4. The number of ether oxygens (including phenoxy) is 1. The summed E-state index contributed by atoms with van der Waals surface area (Å²) in [7, 11) is 0. The van der Waals surface area contributed by atoms with E-state index in [2.05, 4.69) is 21.2 Å². The molecule has 0 aromatic heterocycles. The minimum absolute atomic E-state index is 0.119. The summed E-state index contributed by atoms with van der Waals surface area (Å²) in [6.45, 7) is -0.407. The Morgan fingerprint density at radius 2 is 2.09 bits per heavy atom. The van der Waals surface area contributed by atoms with Crippen molar-refractivity contribution in [2.75, 3.05) is 11.9 Å². The Balaban J connectivity index is 2.04. The summed E-state index contributed by atoms with van der Waals surface area (Å²) < 4.78 is 19.0. The van der Waals surface area contributed by atoms with Gasteiger partial charge in [-0.3, -0.25) is 14.9 Å². The normalized spacial score (nSPS) is 10.2. The summed E-state index contributed by atoms with van der Waals surface area (Å²) in [4.78, 5) is 21.9. The van der Waals surface area contributed by atoms with Crippen LogP contribution in [0.15, 0.2) is 40.9 Å². The van der Waals surface area contributed by atoms with Crippen LogP contribution in [-0.4, -0.2) is 17.4 Å². The highest BCUT2D eigenvalue weighted by atomic mass is 79.9. The van der Waals surface area contributed by atoms with Crippen molar-refractivity contribution in [3.05, 3.63) is 61.8 Å². The van der Waals surface area contributed by atoms with Crippen LogP contribution in [-0.2, 0) is 4.79 Å². The highest BCUT2D eigenvalue weighted by Crippen LogP contribution is 2.28. The Hall–Kier alpha value is -2.19. The van der Waals surface area contributed by atoms with Gasteiger partial charge < -0.3 is 10.1 Å². The lowest BCUT2D eigenvalue weighted by Gasteiger charge is -2.09. The molecule has 1 amide bonds. The van der Waals surface area contributed by atoms with E-state index in [4.69, 9.17) is 16.3 Å². The smallest absolute Gasteiger partial charge is 0.295 e. The number of hydrogen-bond donors (Lipinski definition) is 1. The summed E-state index contributed by atoms with van der Waals surface area (Å²) in [5.41, 5.74) is -0.660. The predicted octanol–water partition coefficient (Wildman–Crippen LogP) is 4.17. The number of nitro benzene ring substituents is 1. The Kier molecular flexibility index (Phi) is 5.51. The van der Waals surface area contributed by atoms with Crippen LogP contribution in [0.3, 0.4) is 0 Å². The van der Waals surface area contributed by atoms with Crippen LogP contribution in [0.4, 0.5) is 15.8 Å². The minimum Gasteiger partial charge on any atom is -0.482 e. The second-order valence-electron chi connectivity index (χ2n) is 4.33. The SMILES string of the molecule is O=C(COc1ccc(Br)cc1Cl)Nc1ccc(F)cc1[N+](=O)[O-]. The summed E-state index contributed by atoms with van der Waals surface area (Å²) in [5, 5.41) is 13.4. The minimum atomic E-state index is -0.787. The van der Waals surface area contributed by atoms with E-state index in [1.54, 1.807) is 18.2 Å². The number of nitrogens with zero attached hydrogens (tertiary/aromatic N) is 1. The molecule has 0 unspecified atom stereocenters. The second-order valence-corrected chi connectivity index (χ2v) is 5.65. The summed E-state index contributed by atoms with van der Waals surface area (Å²) >= 11 is 9.17. The molecule has 0 saturated heterocycles. The number of carbonyl (C=O) groups excluding carboxylic acids is 1. The van der Waals surface area contributed by atoms with Crippen molar-refractivity contribution < 1.29 is 18.8 Å². The fraction of sp³-hybridized carbons (Fsp3) is 0.0714. The van der Waals surface area contributed by atoms with E-state index in [0.717, 1.165) is 22.7 Å². The average Bonchev–Trinajstić information content (AvgIpc) is 2.48. The van der Waals surface area contributed by atoms with Gasteiger partial charge in [0.15, 0.2) is 6.61 Å². The van der Waals surface area contributed by atoms with Crippen LogP contribution in [0.25, 0.3) is 0 Å². The first-order valence-corrected chi connectivity index (χ1v) is 7.35. The van der Waals surface area contributed by atoms with Gasteiger partial charge in [0.05, 0.1) is 16.0 Å². The zero-order valence-corrected chi connectivity index (χ0v) is 13.7. The molecule has 0 atom stereocenters. The Morgan fingerprint density at radius 3 is 2.74 bits per heavy atom. The monoisotopic (exact) mass is 402 g/mol. The molecule has 0 fully saturated rings. The lowest BCUT2D eigenvalue weighted by Crippen LogP contribution is -2.20. The van der Waals surface area contributed by atoms with Crippen LogP contribution >= 0.6 is 27.5 Å². The first-order valence-electron chi connectivity index (χ1n) is 6.18. The summed E-state index contributed by atoms with van der Waals surface area (Å²) in [6.07, 6.45) is 0. The maximum Gasteiger partial charge on any atom is 0.295 e. The largest absolute Gasteiger partial charge is 0.482 e. The van der Waals surface area contributed by atoms with E-state index in [9.17, 15) is 19.3 Å². The average molecular weight is 404 g/mol. The lowest BCUT2D eigenvalue weighted by atomic mass is 10.2. The van der Waals surface area contributed by atoms with Crippen molar-refractivity contribution in [3.63, 3.8) is 0 Å². The van der Waals surface area contributed by atoms with E-state index in [1.165, 1.54) is 0 Å². The van der Waals surface area contributed by atoms with E-state index < -0.39 is 28.9 Å². The molecule has 2 rings (SSSR count). The standard InChI is InChI=1S/C14H9BrClFN2O4/c15-8-1-4-13(10(16)5-8)23-7-14(20)18-11-3-2-9(17)6-12(11)19(21)22/h1-6H,7H2,(H,18,20). The van der Waals surface area contributed by atoms with Crippen molar-refractivity contribution in [2.45, 2.75) is 0 Å². The number of nitro groups is 1. The number of benzene rings is 2. The molecule has 1 N–H and O–H groups in total. The zero-order chi connectivity index (χ0) is 17.0. The third-order valence-electron chi connectivity index (χ3n) is 2.68. The Bertz CT molecular complexity index is 772. The number of carbonyl (C=O) groups is 1. The maximum absolute atomic E-state index is 13.0. The molecule has 0 aliphatic rings. The van der Waals surface area contributed by atoms with Gasteiger partial charge in [0.2, 0.25) is 0 Å². The molecular weight excluding hydrogens is 395 g/mol. The Morgan fingerprint density at radius 1 is 1.35 bits per heavy atom. The molecule has 23 heavy (non-hydrogen) atoms. The number of hydrogen-bond acceptors (Lipinski definition) is 4. The van der Waals surface area contributed by atoms with E-state index in [1.807, 2.05) is 0 Å². The molecule has 0 saturated carbocycles. The summed E-state index contributed by atoms with van der Waals surface area (Å²) in [5.74, 6) is -1.12. The first kappa shape index (κ1) is 17.2. The van der Waals surface area contributed by atoms with E-state index in [0.29, 0.717) is 10.8 Å². The van der Waals surface area contributed by atoms with Gasteiger partial charge in [-0.2, -0.15) is 0 Å². The summed E-state index contributed by atoms with van der Waals surface area (Å²) in [6, 6.07) is 7.69. The zero-order valence-electron chi connectivity index (χ0n) is 11.4. The van der Waals surface area contributed by atoms with Crippen LogP contribution in [0.1, 0.15) is 0 Å². The van der Waals surface area contributed by atoms with E-state index in [-0.39, 0.29) is 5.69 Å². The van der Waals surface area contributed by atoms with Gasteiger partial charge in [-0.15, -0.1) is 0 Å². The quantitative estimate of drug-likeness (QED) is 0.600. The Labute approximate surface area is 143 Å². The van der Waals surface area contributed by atoms with Gasteiger partial charge >= 0.3 is 0 Å². The molecule has 0 heterocycles. The molecule has 0 bridgehead atoms. The van der Waals surface area contributed by atoms with Gasteiger partial charge in [0.25, 0.3) is 11.6 Å². The number of amides is 1. The first-order chi connectivity index (χ1) is 10.9. The predicted molar refractivity (Wildman–Crippen MR) is 86.3 cm³/mol. The molecule has 120 valence electrons. The molecule has 0 aliphatic heterocycles. The van der Waals surface area contributed by atoms with Crippen LogP contribution < -0.4 is 10.1 Å². The number of nitrogens with one attached hydrogen (secondary N) is 1. The fourth-order valence-electron chi connectivity index (χ4n) is 1.68. The topological polar surface area (TPSA) is 81.5 Å². The van der Waals surface area contributed by atoms with Gasteiger partial charge in [0.1, 0.15) is 17.3 Å². The molecule has 9 heteroatoms. The van der Waals surface area contributed by atoms with Crippen LogP contribution in [0, 0.1) is 15.9 Å². The molecule has 0 spiro atoms. The third-order valence-corrected chi connectivity index (χ3v) is 3.47. The lowest BCUT2D eigenvalue weighted by molar-refractivity contribution is -0.384. The van der Waals surface area contributed by atoms with Gasteiger partial charge in [-0.1, -0.05) is 27.5 Å². The van der Waals surface area contributed by atoms with Crippen molar-refractivity contribution in [1.29, 1.82) is 0 Å². The van der Waals surface area contributed by atoms with Gasteiger partial charge in [0, 0.05) is 4.47 Å². The van der Waals surface area contributed by atoms with Gasteiger partial charge in [-0.05, 0) is 30.3 Å². The van der Waals surface area contributed by atoms with Crippen LogP contribution in [0.5, 0.6) is 5.75 Å². The highest BCUT2D eigenvalue weighted by molar-refractivity contribution is 9.10. The number of halogens is 3. The van der Waals surface area contributed by atoms with Crippen molar-refractivity contribution >= 4 is 44.8 Å². The number of rotatable bonds is 5. The van der Waals surface area contributed by atoms with Gasteiger partial charge in [-0.25, -0.2) is 4.39 Å². The van der Waals surface area contributed by atoms with Crippen molar-refractivity contribution in [2.24, 2.45) is 0 Å². The third kappa shape index (κ3) is 4.64. The van der Waals surface area contributed by atoms with Crippen molar-refractivity contribution in [3.8, 4) is 5.75 Å². The number of anilines is 1. The maximum atomic E-state index is 13.0. The van der Waals surface area contributed by atoms with E-state index >= 15 is 0 Å².